The van der Waals surface area contributed by atoms with Crippen LogP contribution in [0.4, 0.5) is 16.6 Å². The third-order valence-corrected chi connectivity index (χ3v) is 7.40. The van der Waals surface area contributed by atoms with Crippen LogP contribution in [0.1, 0.15) is 40.5 Å². The molecule has 0 saturated carbocycles. The lowest BCUT2D eigenvalue weighted by Crippen LogP contribution is -2.50. The summed E-state index contributed by atoms with van der Waals surface area (Å²) < 4.78 is 5.52. The van der Waals surface area contributed by atoms with Gasteiger partial charge in [0.05, 0.1) is 16.7 Å². The van der Waals surface area contributed by atoms with Crippen LogP contribution in [0.25, 0.3) is 22.3 Å². The molecular weight excluding hydrogens is 530 g/mol. The zero-order valence-corrected chi connectivity index (χ0v) is 25.1. The number of benzene rings is 1. The van der Waals surface area contributed by atoms with E-state index in [0.29, 0.717) is 24.9 Å². The Labute approximate surface area is 247 Å². The van der Waals surface area contributed by atoms with Crippen LogP contribution in [-0.2, 0) is 4.74 Å². The number of carbonyl (C=O) groups excluding carboxylic acids is 1. The molecule has 1 amide bonds. The van der Waals surface area contributed by atoms with E-state index in [0.717, 1.165) is 66.4 Å². The minimum atomic E-state index is -0.492. The number of aromatic amines is 1. The molecule has 0 atom stereocenters. The molecule has 11 heteroatoms. The van der Waals surface area contributed by atoms with Crippen LogP contribution in [0, 0.1) is 0 Å². The van der Waals surface area contributed by atoms with Crippen LogP contribution in [0.15, 0.2) is 59.1 Å². The number of aliphatic imine (C=N–C) groups is 1. The maximum Gasteiger partial charge on any atom is 0.410 e. The Kier molecular flexibility index (Phi) is 8.86. The molecule has 222 valence electrons. The fraction of sp³-hybridized carbons (Fsp3) is 0.452. The van der Waals surface area contributed by atoms with Crippen molar-refractivity contribution in [3.63, 3.8) is 0 Å². The van der Waals surface area contributed by atoms with Crippen LogP contribution < -0.4 is 10.2 Å². The molecule has 2 fully saturated rings. The number of carbonyl (C=O) groups is 1. The van der Waals surface area contributed by atoms with Gasteiger partial charge in [-0.2, -0.15) is 0 Å². The number of hydrogen-bond donors (Lipinski definition) is 2. The number of piperazine rings is 1. The highest BCUT2D eigenvalue weighted by molar-refractivity contribution is 5.83. The topological polar surface area (TPSA) is 115 Å². The van der Waals surface area contributed by atoms with Gasteiger partial charge in [0.25, 0.3) is 0 Å². The first-order valence-corrected chi connectivity index (χ1v) is 14.6. The van der Waals surface area contributed by atoms with Crippen LogP contribution in [-0.4, -0.2) is 94.0 Å². The molecule has 2 N–H and O–H groups in total. The number of amides is 1. The molecule has 0 bridgehead atoms. The van der Waals surface area contributed by atoms with E-state index in [4.69, 9.17) is 9.72 Å². The van der Waals surface area contributed by atoms with Crippen molar-refractivity contribution in [1.29, 1.82) is 0 Å². The Hall–Kier alpha value is -4.25. The molecule has 1 aromatic carbocycles. The van der Waals surface area contributed by atoms with Gasteiger partial charge in [0.2, 0.25) is 5.95 Å². The third kappa shape index (κ3) is 7.33. The molecule has 3 aromatic rings. The summed E-state index contributed by atoms with van der Waals surface area (Å²) in [6, 6.07) is 8.14. The predicted molar refractivity (Wildman–Crippen MR) is 168 cm³/mol. The van der Waals surface area contributed by atoms with E-state index < -0.39 is 5.60 Å². The average Bonchev–Trinajstić information content (AvgIpc) is 3.65. The molecule has 2 aliphatic rings. The zero-order chi connectivity index (χ0) is 29.7. The number of fused-ring (bicyclic) bond motifs is 1. The molecule has 2 aromatic heterocycles. The number of nitrogens with zero attached hydrogens (tertiary/aromatic N) is 7. The second-order valence-corrected chi connectivity index (χ2v) is 11.7. The van der Waals surface area contributed by atoms with Crippen molar-refractivity contribution in [2.45, 2.75) is 46.1 Å². The van der Waals surface area contributed by atoms with Gasteiger partial charge < -0.3 is 24.8 Å². The minimum absolute atomic E-state index is 0.252. The van der Waals surface area contributed by atoms with Crippen molar-refractivity contribution in [1.82, 2.24) is 29.7 Å². The maximum atomic E-state index is 12.4. The van der Waals surface area contributed by atoms with Gasteiger partial charge in [-0.15, -0.1) is 0 Å². The lowest BCUT2D eigenvalue weighted by molar-refractivity contribution is 0.0153. The SMILES string of the molecule is C=N/C(=C\C(=C/C)CN1CCN(C(=O)OC(C)(C)C)CC1)Nc1nc2ccc(-c3cc(N4CCCC4)ncn3)cc2[nH]1. The van der Waals surface area contributed by atoms with Gasteiger partial charge in [0, 0.05) is 57.4 Å². The van der Waals surface area contributed by atoms with Gasteiger partial charge in [0.1, 0.15) is 23.6 Å². The fourth-order valence-electron chi connectivity index (χ4n) is 5.16. The van der Waals surface area contributed by atoms with Gasteiger partial charge in [-0.05, 0) is 71.0 Å². The number of anilines is 2. The van der Waals surface area contributed by atoms with E-state index in [-0.39, 0.29) is 6.09 Å². The Morgan fingerprint density at radius 2 is 1.88 bits per heavy atom. The number of hydrogen-bond acceptors (Lipinski definition) is 9. The first-order chi connectivity index (χ1) is 20.2. The number of aromatic nitrogens is 4. The van der Waals surface area contributed by atoms with E-state index in [1.54, 1.807) is 11.2 Å². The monoisotopic (exact) mass is 571 g/mol. The first kappa shape index (κ1) is 29.2. The van der Waals surface area contributed by atoms with Crippen molar-refractivity contribution < 1.29 is 9.53 Å². The number of allylic oxidation sites excluding steroid dienone is 1. The summed E-state index contributed by atoms with van der Waals surface area (Å²) in [5.41, 5.74) is 4.22. The number of rotatable bonds is 8. The van der Waals surface area contributed by atoms with Crippen LogP contribution >= 0.6 is 0 Å². The van der Waals surface area contributed by atoms with Gasteiger partial charge in [-0.25, -0.2) is 24.7 Å². The summed E-state index contributed by atoms with van der Waals surface area (Å²) in [7, 11) is 0. The van der Waals surface area contributed by atoms with Gasteiger partial charge in [-0.3, -0.25) is 4.90 Å². The van der Waals surface area contributed by atoms with Crippen molar-refractivity contribution in [3.8, 4) is 11.3 Å². The third-order valence-electron chi connectivity index (χ3n) is 7.40. The second-order valence-electron chi connectivity index (χ2n) is 11.7. The number of H-pyrrole nitrogens is 1. The normalized spacial score (nSPS) is 17.1. The molecule has 0 spiro atoms. The Morgan fingerprint density at radius 1 is 1.12 bits per heavy atom. The lowest BCUT2D eigenvalue weighted by atomic mass is 10.1. The van der Waals surface area contributed by atoms with E-state index in [1.807, 2.05) is 45.9 Å². The van der Waals surface area contributed by atoms with Crippen LogP contribution in [0.3, 0.4) is 0 Å². The summed E-state index contributed by atoms with van der Waals surface area (Å²) in [5, 5.41) is 3.27. The second kappa shape index (κ2) is 12.7. The van der Waals surface area contributed by atoms with Gasteiger partial charge in [0.15, 0.2) is 0 Å². The molecule has 42 heavy (non-hydrogen) atoms. The Bertz CT molecular complexity index is 1470. The van der Waals surface area contributed by atoms with Crippen LogP contribution in [0.2, 0.25) is 0 Å². The smallest absolute Gasteiger partial charge is 0.410 e. The van der Waals surface area contributed by atoms with E-state index >= 15 is 0 Å². The minimum Gasteiger partial charge on any atom is -0.444 e. The van der Waals surface area contributed by atoms with E-state index in [2.05, 4.69) is 60.0 Å². The Morgan fingerprint density at radius 3 is 2.57 bits per heavy atom. The molecule has 0 unspecified atom stereocenters. The highest BCUT2D eigenvalue weighted by Crippen LogP contribution is 2.26. The largest absolute Gasteiger partial charge is 0.444 e. The molecule has 0 aliphatic carbocycles. The molecule has 4 heterocycles. The number of nitrogens with one attached hydrogen (secondary N) is 2. The highest BCUT2D eigenvalue weighted by Gasteiger charge is 2.26. The quantitative estimate of drug-likeness (QED) is 0.284. The van der Waals surface area contributed by atoms with Gasteiger partial charge >= 0.3 is 6.09 Å². The summed E-state index contributed by atoms with van der Waals surface area (Å²) in [6.07, 6.45) is 7.83. The maximum absolute atomic E-state index is 12.4. The molecule has 2 aliphatic heterocycles. The van der Waals surface area contributed by atoms with E-state index in [1.165, 1.54) is 12.8 Å². The summed E-state index contributed by atoms with van der Waals surface area (Å²) in [4.78, 5) is 40.1. The van der Waals surface area contributed by atoms with Gasteiger partial charge in [-0.1, -0.05) is 12.1 Å². The zero-order valence-electron chi connectivity index (χ0n) is 25.1. The average molecular weight is 572 g/mol. The molecule has 5 rings (SSSR count). The van der Waals surface area contributed by atoms with E-state index in [9.17, 15) is 4.79 Å². The standard InChI is InChI=1S/C31H41N9O2/c1-6-22(20-38-13-15-40(16-14-38)30(41)42-31(2,3)4)17-27(32-5)37-29-35-24-10-9-23(18-26(24)36-29)25-19-28(34-21-33-25)39-11-7-8-12-39/h6,9-10,17-19,21H,5,7-8,11-16,20H2,1-4H3,(H2,35,36,37)/b22-6+,27-17+. The fourth-order valence-corrected chi connectivity index (χ4v) is 5.16. The summed E-state index contributed by atoms with van der Waals surface area (Å²) in [6.45, 7) is 17.1. The molecule has 11 nitrogen and oxygen atoms in total. The molecular formula is C31H41N9O2. The van der Waals surface area contributed by atoms with Crippen molar-refractivity contribution in [3.05, 3.63) is 54.1 Å². The van der Waals surface area contributed by atoms with Crippen molar-refractivity contribution >= 4 is 35.6 Å². The molecule has 0 radical (unpaired) electrons. The number of ether oxygens (including phenoxy) is 1. The van der Waals surface area contributed by atoms with Crippen LogP contribution in [0.5, 0.6) is 0 Å². The summed E-state index contributed by atoms with van der Waals surface area (Å²) >= 11 is 0. The predicted octanol–water partition coefficient (Wildman–Crippen LogP) is 5.07. The first-order valence-electron chi connectivity index (χ1n) is 14.6. The highest BCUT2D eigenvalue weighted by atomic mass is 16.6. The van der Waals surface area contributed by atoms with Crippen molar-refractivity contribution in [2.24, 2.45) is 4.99 Å². The van der Waals surface area contributed by atoms with Crippen molar-refractivity contribution in [2.75, 3.05) is 56.0 Å². The lowest BCUT2D eigenvalue weighted by Gasteiger charge is -2.35. The molecule has 2 saturated heterocycles. The summed E-state index contributed by atoms with van der Waals surface area (Å²) in [5.74, 6) is 2.16. The Balaban J connectivity index is 1.22. The number of imidazole rings is 1.